The van der Waals surface area contributed by atoms with Crippen LogP contribution in [0.4, 0.5) is 5.69 Å². The Kier molecular flexibility index (Phi) is 7.06. The van der Waals surface area contributed by atoms with Gasteiger partial charge in [0.15, 0.2) is 0 Å². The van der Waals surface area contributed by atoms with Crippen LogP contribution in [-0.2, 0) is 9.59 Å². The van der Waals surface area contributed by atoms with Gasteiger partial charge < -0.3 is 10.6 Å². The lowest BCUT2D eigenvalue weighted by Gasteiger charge is -2.32. The molecule has 1 saturated heterocycles. The van der Waals surface area contributed by atoms with Crippen molar-refractivity contribution in [3.63, 3.8) is 0 Å². The molecule has 1 aromatic rings. The van der Waals surface area contributed by atoms with Gasteiger partial charge in [-0.3, -0.25) is 14.5 Å². The van der Waals surface area contributed by atoms with Gasteiger partial charge in [-0.05, 0) is 43.7 Å². The number of anilines is 1. The Hall–Kier alpha value is -1.88. The van der Waals surface area contributed by atoms with E-state index >= 15 is 0 Å². The van der Waals surface area contributed by atoms with Crippen LogP contribution in [-0.4, -0.2) is 42.4 Å². The Bertz CT molecular complexity index is 576. The summed E-state index contributed by atoms with van der Waals surface area (Å²) in [6.45, 7) is 2.13. The highest BCUT2D eigenvalue weighted by molar-refractivity contribution is 5.92. The number of hydrogen-bond acceptors (Lipinski definition) is 3. The van der Waals surface area contributed by atoms with Crippen LogP contribution >= 0.6 is 0 Å². The first-order valence-corrected chi connectivity index (χ1v) is 10.1. The molecule has 3 rings (SSSR count). The van der Waals surface area contributed by atoms with E-state index < -0.39 is 0 Å². The topological polar surface area (TPSA) is 61.4 Å². The first-order valence-electron chi connectivity index (χ1n) is 10.1. The van der Waals surface area contributed by atoms with E-state index in [-0.39, 0.29) is 17.9 Å². The molecule has 0 aromatic heterocycles. The molecule has 142 valence electrons. The molecule has 1 heterocycles. The molecule has 0 unspecified atom stereocenters. The van der Waals surface area contributed by atoms with Crippen molar-refractivity contribution in [3.8, 4) is 0 Å². The fourth-order valence-electron chi connectivity index (χ4n) is 4.10. The first kappa shape index (κ1) is 18.9. The van der Waals surface area contributed by atoms with Crippen molar-refractivity contribution in [1.29, 1.82) is 0 Å². The quantitative estimate of drug-likeness (QED) is 0.822. The number of hydrogen-bond donors (Lipinski definition) is 2. The Morgan fingerprint density at radius 3 is 2.31 bits per heavy atom. The highest BCUT2D eigenvalue weighted by atomic mass is 16.2. The van der Waals surface area contributed by atoms with Gasteiger partial charge in [0.1, 0.15) is 0 Å². The summed E-state index contributed by atoms with van der Waals surface area (Å²) < 4.78 is 0. The summed E-state index contributed by atoms with van der Waals surface area (Å²) in [7, 11) is 0. The maximum atomic E-state index is 12.3. The molecule has 2 fully saturated rings. The second kappa shape index (κ2) is 9.72. The Labute approximate surface area is 156 Å². The third kappa shape index (κ3) is 6.13. The average Bonchev–Trinajstić information content (AvgIpc) is 2.65. The van der Waals surface area contributed by atoms with Crippen LogP contribution < -0.4 is 10.6 Å². The van der Waals surface area contributed by atoms with E-state index in [0.29, 0.717) is 18.9 Å². The van der Waals surface area contributed by atoms with Gasteiger partial charge in [0.05, 0.1) is 6.54 Å². The van der Waals surface area contributed by atoms with E-state index in [1.807, 2.05) is 30.3 Å². The van der Waals surface area contributed by atoms with E-state index in [0.717, 1.165) is 31.6 Å². The van der Waals surface area contributed by atoms with Crippen molar-refractivity contribution in [2.24, 2.45) is 5.92 Å². The van der Waals surface area contributed by atoms with Gasteiger partial charge in [0, 0.05) is 31.2 Å². The maximum absolute atomic E-state index is 12.3. The lowest BCUT2D eigenvalue weighted by atomic mass is 9.86. The van der Waals surface area contributed by atoms with Crippen LogP contribution in [0.5, 0.6) is 0 Å². The SMILES string of the molecule is O=C(CN1CCC(NC(=O)CC2CCCCC2)CC1)Nc1ccccc1. The van der Waals surface area contributed by atoms with Gasteiger partial charge in [-0.15, -0.1) is 0 Å². The van der Waals surface area contributed by atoms with E-state index in [4.69, 9.17) is 0 Å². The van der Waals surface area contributed by atoms with E-state index in [1.165, 1.54) is 32.1 Å². The highest BCUT2D eigenvalue weighted by Crippen LogP contribution is 2.26. The van der Waals surface area contributed by atoms with Crippen LogP contribution in [0.15, 0.2) is 30.3 Å². The second-order valence-corrected chi connectivity index (χ2v) is 7.74. The van der Waals surface area contributed by atoms with Crippen molar-refractivity contribution < 1.29 is 9.59 Å². The van der Waals surface area contributed by atoms with Crippen molar-refractivity contribution in [3.05, 3.63) is 30.3 Å². The number of carbonyl (C=O) groups is 2. The van der Waals surface area contributed by atoms with Gasteiger partial charge in [-0.2, -0.15) is 0 Å². The van der Waals surface area contributed by atoms with E-state index in [2.05, 4.69) is 15.5 Å². The summed E-state index contributed by atoms with van der Waals surface area (Å²) in [6, 6.07) is 9.81. The molecule has 2 amide bonds. The number of carbonyl (C=O) groups excluding carboxylic acids is 2. The standard InChI is InChI=1S/C21H31N3O2/c25-20(15-17-7-3-1-4-8-17)22-19-11-13-24(14-12-19)16-21(26)23-18-9-5-2-6-10-18/h2,5-6,9-10,17,19H,1,3-4,7-8,11-16H2,(H,22,25)(H,23,26). The largest absolute Gasteiger partial charge is 0.353 e. The number of amides is 2. The molecule has 1 saturated carbocycles. The van der Waals surface area contributed by atoms with E-state index in [1.54, 1.807) is 0 Å². The molecule has 26 heavy (non-hydrogen) atoms. The molecule has 0 bridgehead atoms. The summed E-state index contributed by atoms with van der Waals surface area (Å²) in [4.78, 5) is 26.6. The number of nitrogens with one attached hydrogen (secondary N) is 2. The molecule has 5 nitrogen and oxygen atoms in total. The van der Waals surface area contributed by atoms with Crippen LogP contribution in [0.25, 0.3) is 0 Å². The third-order valence-electron chi connectivity index (χ3n) is 5.58. The molecular formula is C21H31N3O2. The molecule has 0 spiro atoms. The molecule has 1 aliphatic carbocycles. The molecule has 0 radical (unpaired) electrons. The zero-order valence-corrected chi connectivity index (χ0v) is 15.6. The second-order valence-electron chi connectivity index (χ2n) is 7.74. The van der Waals surface area contributed by atoms with Crippen LogP contribution in [0.2, 0.25) is 0 Å². The number of piperidine rings is 1. The Morgan fingerprint density at radius 1 is 0.923 bits per heavy atom. The third-order valence-corrected chi connectivity index (χ3v) is 5.58. The van der Waals surface area contributed by atoms with Gasteiger partial charge in [-0.1, -0.05) is 37.5 Å². The predicted octanol–water partition coefficient (Wildman–Crippen LogP) is 3.18. The molecule has 2 aliphatic rings. The fourth-order valence-corrected chi connectivity index (χ4v) is 4.10. The highest BCUT2D eigenvalue weighted by Gasteiger charge is 2.23. The fraction of sp³-hybridized carbons (Fsp3) is 0.619. The normalized spacial score (nSPS) is 19.8. The summed E-state index contributed by atoms with van der Waals surface area (Å²) in [5.41, 5.74) is 0.836. The molecule has 2 N–H and O–H groups in total. The van der Waals surface area contributed by atoms with Crippen LogP contribution in [0.1, 0.15) is 51.4 Å². The number of rotatable bonds is 6. The van der Waals surface area contributed by atoms with Crippen LogP contribution in [0.3, 0.4) is 0 Å². The molecule has 5 heteroatoms. The lowest BCUT2D eigenvalue weighted by molar-refractivity contribution is -0.123. The number of nitrogens with zero attached hydrogens (tertiary/aromatic N) is 1. The van der Waals surface area contributed by atoms with Crippen molar-refractivity contribution in [2.75, 3.05) is 25.0 Å². The average molecular weight is 357 g/mol. The van der Waals surface area contributed by atoms with E-state index in [9.17, 15) is 9.59 Å². The molecule has 0 atom stereocenters. The van der Waals surface area contributed by atoms with Crippen molar-refractivity contribution in [2.45, 2.75) is 57.4 Å². The number of benzene rings is 1. The smallest absolute Gasteiger partial charge is 0.238 e. The van der Waals surface area contributed by atoms with Crippen molar-refractivity contribution in [1.82, 2.24) is 10.2 Å². The molecular weight excluding hydrogens is 326 g/mol. The Morgan fingerprint density at radius 2 is 1.62 bits per heavy atom. The monoisotopic (exact) mass is 357 g/mol. The lowest BCUT2D eigenvalue weighted by Crippen LogP contribution is -2.46. The summed E-state index contributed by atoms with van der Waals surface area (Å²) in [5, 5.41) is 6.14. The van der Waals surface area contributed by atoms with Crippen LogP contribution in [0, 0.1) is 5.92 Å². The summed E-state index contributed by atoms with van der Waals surface area (Å²) in [5.74, 6) is 0.832. The zero-order chi connectivity index (χ0) is 18.2. The summed E-state index contributed by atoms with van der Waals surface area (Å²) in [6.07, 6.45) is 8.85. The first-order chi connectivity index (χ1) is 12.7. The molecule has 1 aromatic carbocycles. The maximum Gasteiger partial charge on any atom is 0.238 e. The van der Waals surface area contributed by atoms with Gasteiger partial charge >= 0.3 is 0 Å². The molecule has 1 aliphatic heterocycles. The van der Waals surface area contributed by atoms with Gasteiger partial charge in [0.25, 0.3) is 0 Å². The summed E-state index contributed by atoms with van der Waals surface area (Å²) >= 11 is 0. The minimum absolute atomic E-state index is 0.0241. The Balaban J connectivity index is 1.33. The minimum Gasteiger partial charge on any atom is -0.353 e. The van der Waals surface area contributed by atoms with Gasteiger partial charge in [-0.25, -0.2) is 0 Å². The zero-order valence-electron chi connectivity index (χ0n) is 15.6. The van der Waals surface area contributed by atoms with Crippen molar-refractivity contribution >= 4 is 17.5 Å². The number of likely N-dealkylation sites (tertiary alicyclic amines) is 1. The predicted molar refractivity (Wildman–Crippen MR) is 104 cm³/mol. The van der Waals surface area contributed by atoms with Gasteiger partial charge in [0.2, 0.25) is 11.8 Å². The minimum atomic E-state index is 0.0241. The number of para-hydroxylation sites is 1.